The number of rotatable bonds is 10. The molecule has 0 aliphatic carbocycles. The summed E-state index contributed by atoms with van der Waals surface area (Å²) in [7, 11) is 1.58. The van der Waals surface area contributed by atoms with E-state index in [9.17, 15) is 9.90 Å². The molecule has 4 rings (SSSR count). The lowest BCUT2D eigenvalue weighted by Gasteiger charge is -2.37. The molecule has 5 nitrogen and oxygen atoms in total. The van der Waals surface area contributed by atoms with E-state index in [-0.39, 0.29) is 5.92 Å². The zero-order chi connectivity index (χ0) is 24.8. The molecule has 3 atom stereocenters. The Kier molecular flexibility index (Phi) is 8.58. The van der Waals surface area contributed by atoms with Crippen LogP contribution in [0.3, 0.4) is 0 Å². The van der Waals surface area contributed by atoms with Gasteiger partial charge in [0.05, 0.1) is 18.5 Å². The number of hydrogen-bond acceptors (Lipinski definition) is 4. The van der Waals surface area contributed by atoms with Crippen LogP contribution in [0.25, 0.3) is 10.9 Å². The lowest BCUT2D eigenvalue weighted by molar-refractivity contribution is -0.146. The highest BCUT2D eigenvalue weighted by molar-refractivity contribution is 6.30. The molecule has 1 aliphatic heterocycles. The Hall–Kier alpha value is -2.70. The van der Waals surface area contributed by atoms with Crippen molar-refractivity contribution in [1.82, 2.24) is 9.88 Å². The van der Waals surface area contributed by atoms with Gasteiger partial charge in [-0.25, -0.2) is 4.39 Å². The molecule has 0 spiro atoms. The van der Waals surface area contributed by atoms with Crippen LogP contribution in [0, 0.1) is 11.8 Å². The standard InChI is InChI=1S/C28H32ClFN2O3/c1-35-22-8-10-27-24(17-22)23(11-13-31-27)26(30)9-7-20-12-15-32(18-25(20)28(33)34)14-3-5-19-4-2-6-21(29)16-19/h2,4,6,8,10-11,13,16-17,20,25-26H,3,5,7,9,12,14-15,18H2,1H3,(H,33,34)/t20-,25+,26+/m1/s1. The molecule has 7 heteroatoms. The number of carbonyl (C=O) groups is 1. The van der Waals surface area contributed by atoms with Crippen molar-refractivity contribution in [1.29, 1.82) is 0 Å². The second-order valence-electron chi connectivity index (χ2n) is 9.36. The Morgan fingerprint density at radius 2 is 2.14 bits per heavy atom. The number of ether oxygens (including phenoxy) is 1. The van der Waals surface area contributed by atoms with E-state index in [0.29, 0.717) is 30.7 Å². The van der Waals surface area contributed by atoms with Crippen LogP contribution in [0.2, 0.25) is 5.02 Å². The summed E-state index contributed by atoms with van der Waals surface area (Å²) >= 11 is 6.06. The van der Waals surface area contributed by atoms with Crippen LogP contribution in [0.15, 0.2) is 54.7 Å². The van der Waals surface area contributed by atoms with Gasteiger partial charge in [0.15, 0.2) is 0 Å². The molecular weight excluding hydrogens is 467 g/mol. The molecule has 2 heterocycles. The van der Waals surface area contributed by atoms with Gasteiger partial charge in [-0.05, 0) is 98.6 Å². The molecule has 0 unspecified atom stereocenters. The van der Waals surface area contributed by atoms with E-state index in [2.05, 4.69) is 16.0 Å². The fourth-order valence-corrected chi connectivity index (χ4v) is 5.37. The van der Waals surface area contributed by atoms with Gasteiger partial charge < -0.3 is 14.7 Å². The van der Waals surface area contributed by atoms with Gasteiger partial charge in [-0.1, -0.05) is 23.7 Å². The number of carboxylic acids is 1. The summed E-state index contributed by atoms with van der Waals surface area (Å²) in [6, 6.07) is 15.0. The normalized spacial score (nSPS) is 19.5. The second-order valence-corrected chi connectivity index (χ2v) is 9.79. The molecular formula is C28H32ClFN2O3. The van der Waals surface area contributed by atoms with Crippen molar-refractivity contribution in [2.75, 3.05) is 26.7 Å². The summed E-state index contributed by atoms with van der Waals surface area (Å²) < 4.78 is 20.7. The van der Waals surface area contributed by atoms with Gasteiger partial charge in [-0.15, -0.1) is 0 Å². The number of nitrogens with zero attached hydrogens (tertiary/aromatic N) is 2. The van der Waals surface area contributed by atoms with E-state index in [1.807, 2.05) is 36.4 Å². The Bertz CT molecular complexity index is 1160. The third kappa shape index (κ3) is 6.50. The Morgan fingerprint density at radius 3 is 2.91 bits per heavy atom. The first-order valence-corrected chi connectivity index (χ1v) is 12.6. The first-order chi connectivity index (χ1) is 16.9. The molecule has 186 valence electrons. The van der Waals surface area contributed by atoms with Crippen LogP contribution >= 0.6 is 11.6 Å². The van der Waals surface area contributed by atoms with Crippen LogP contribution in [0.1, 0.15) is 43.0 Å². The highest BCUT2D eigenvalue weighted by Gasteiger charge is 2.34. The van der Waals surface area contributed by atoms with Gasteiger partial charge >= 0.3 is 5.97 Å². The highest BCUT2D eigenvalue weighted by Crippen LogP contribution is 2.35. The van der Waals surface area contributed by atoms with Crippen molar-refractivity contribution in [2.24, 2.45) is 11.8 Å². The van der Waals surface area contributed by atoms with Crippen molar-refractivity contribution >= 4 is 28.5 Å². The third-order valence-electron chi connectivity index (χ3n) is 7.10. The Morgan fingerprint density at radius 1 is 1.29 bits per heavy atom. The average Bonchev–Trinajstić information content (AvgIpc) is 2.87. The number of piperidine rings is 1. The van der Waals surface area contributed by atoms with Crippen LogP contribution in [0.5, 0.6) is 5.75 Å². The van der Waals surface area contributed by atoms with E-state index in [4.69, 9.17) is 16.3 Å². The van der Waals surface area contributed by atoms with Gasteiger partial charge in [0.1, 0.15) is 11.9 Å². The highest BCUT2D eigenvalue weighted by atomic mass is 35.5. The number of likely N-dealkylation sites (tertiary alicyclic amines) is 1. The molecule has 1 N–H and O–H groups in total. The number of hydrogen-bond donors (Lipinski definition) is 1. The van der Waals surface area contributed by atoms with Crippen LogP contribution in [-0.4, -0.2) is 47.7 Å². The minimum absolute atomic E-state index is 0.0300. The summed E-state index contributed by atoms with van der Waals surface area (Å²) in [4.78, 5) is 18.6. The molecule has 0 radical (unpaired) electrons. The smallest absolute Gasteiger partial charge is 0.308 e. The summed E-state index contributed by atoms with van der Waals surface area (Å²) in [5.74, 6) is -0.634. The Labute approximate surface area is 210 Å². The largest absolute Gasteiger partial charge is 0.497 e. The topological polar surface area (TPSA) is 62.7 Å². The molecule has 0 bridgehead atoms. The molecule has 1 saturated heterocycles. The van der Waals surface area contributed by atoms with E-state index < -0.39 is 18.1 Å². The number of alkyl halides is 1. The predicted molar refractivity (Wildman–Crippen MR) is 137 cm³/mol. The number of halogens is 2. The van der Waals surface area contributed by atoms with Gasteiger partial charge in [0.2, 0.25) is 0 Å². The monoisotopic (exact) mass is 498 g/mol. The fraction of sp³-hybridized carbons (Fsp3) is 0.429. The van der Waals surface area contributed by atoms with Crippen molar-refractivity contribution in [3.63, 3.8) is 0 Å². The maximum atomic E-state index is 15.4. The van der Waals surface area contributed by atoms with Crippen molar-refractivity contribution in [3.05, 3.63) is 70.9 Å². The van der Waals surface area contributed by atoms with Crippen molar-refractivity contribution < 1.29 is 19.0 Å². The second kappa shape index (κ2) is 11.8. The zero-order valence-electron chi connectivity index (χ0n) is 20.0. The zero-order valence-corrected chi connectivity index (χ0v) is 20.8. The summed E-state index contributed by atoms with van der Waals surface area (Å²) in [5.41, 5.74) is 2.50. The van der Waals surface area contributed by atoms with E-state index in [0.717, 1.165) is 48.3 Å². The number of aliphatic carboxylic acids is 1. The molecule has 0 saturated carbocycles. The number of aromatic nitrogens is 1. The molecule has 1 aromatic heterocycles. The maximum absolute atomic E-state index is 15.4. The Balaban J connectivity index is 1.33. The van der Waals surface area contributed by atoms with Gasteiger partial charge in [0.25, 0.3) is 0 Å². The molecule has 3 aromatic rings. The number of fused-ring (bicyclic) bond motifs is 1. The lowest BCUT2D eigenvalue weighted by atomic mass is 9.81. The fourth-order valence-electron chi connectivity index (χ4n) is 5.16. The first kappa shape index (κ1) is 25.4. The van der Waals surface area contributed by atoms with E-state index in [1.165, 1.54) is 5.56 Å². The van der Waals surface area contributed by atoms with Crippen LogP contribution in [0.4, 0.5) is 4.39 Å². The van der Waals surface area contributed by atoms with E-state index in [1.54, 1.807) is 19.4 Å². The predicted octanol–water partition coefficient (Wildman–Crippen LogP) is 6.34. The molecule has 35 heavy (non-hydrogen) atoms. The minimum Gasteiger partial charge on any atom is -0.497 e. The van der Waals surface area contributed by atoms with Crippen LogP contribution in [-0.2, 0) is 11.2 Å². The number of benzene rings is 2. The average molecular weight is 499 g/mol. The lowest BCUT2D eigenvalue weighted by Crippen LogP contribution is -2.44. The van der Waals surface area contributed by atoms with Gasteiger partial charge in [-0.3, -0.25) is 9.78 Å². The van der Waals surface area contributed by atoms with Gasteiger partial charge in [0, 0.05) is 23.2 Å². The summed E-state index contributed by atoms with van der Waals surface area (Å²) in [6.07, 6.45) is 3.90. The van der Waals surface area contributed by atoms with Crippen LogP contribution < -0.4 is 4.74 Å². The molecule has 1 fully saturated rings. The molecule has 0 amide bonds. The van der Waals surface area contributed by atoms with Crippen molar-refractivity contribution in [3.8, 4) is 5.75 Å². The number of methoxy groups -OCH3 is 1. The van der Waals surface area contributed by atoms with Gasteiger partial charge in [-0.2, -0.15) is 0 Å². The van der Waals surface area contributed by atoms with Crippen molar-refractivity contribution in [2.45, 2.75) is 38.3 Å². The summed E-state index contributed by atoms with van der Waals surface area (Å²) in [5, 5.41) is 11.4. The quantitative estimate of drug-likeness (QED) is 0.353. The number of aryl methyl sites for hydroxylation is 1. The molecule has 1 aliphatic rings. The first-order valence-electron chi connectivity index (χ1n) is 12.2. The maximum Gasteiger partial charge on any atom is 0.308 e. The number of carboxylic acid groups (broad SMARTS) is 1. The third-order valence-corrected chi connectivity index (χ3v) is 7.33. The summed E-state index contributed by atoms with van der Waals surface area (Å²) in [6.45, 7) is 2.21. The number of pyridine rings is 1. The SMILES string of the molecule is COc1ccc2nccc([C@@H](F)CC[C@@H]3CCN(CCCc4cccc(Cl)c4)C[C@@H]3C(=O)O)c2c1. The molecule has 2 aromatic carbocycles. The minimum atomic E-state index is -1.18. The van der Waals surface area contributed by atoms with E-state index >= 15 is 4.39 Å².